The van der Waals surface area contributed by atoms with E-state index in [1.807, 2.05) is 12.1 Å². The van der Waals surface area contributed by atoms with E-state index in [4.69, 9.17) is 0 Å². The highest BCUT2D eigenvalue weighted by atomic mass is 19.1. The molecular formula is C21H23FN6O. The Labute approximate surface area is 168 Å². The predicted molar refractivity (Wildman–Crippen MR) is 109 cm³/mol. The summed E-state index contributed by atoms with van der Waals surface area (Å²) in [5.74, 6) is 0.321. The molecule has 0 radical (unpaired) electrons. The summed E-state index contributed by atoms with van der Waals surface area (Å²) in [7, 11) is 2.12. The monoisotopic (exact) mass is 394 g/mol. The van der Waals surface area contributed by atoms with Crippen LogP contribution in [0.4, 0.5) is 10.2 Å². The van der Waals surface area contributed by atoms with Gasteiger partial charge in [-0.1, -0.05) is 12.1 Å². The van der Waals surface area contributed by atoms with Crippen LogP contribution in [-0.4, -0.2) is 58.8 Å². The van der Waals surface area contributed by atoms with E-state index in [9.17, 15) is 9.18 Å². The van der Waals surface area contributed by atoms with Crippen LogP contribution in [0.3, 0.4) is 0 Å². The van der Waals surface area contributed by atoms with E-state index in [1.54, 1.807) is 30.6 Å². The Balaban J connectivity index is 1.34. The zero-order valence-electron chi connectivity index (χ0n) is 16.3. The Hall–Kier alpha value is -3.26. The quantitative estimate of drug-likeness (QED) is 0.718. The van der Waals surface area contributed by atoms with E-state index in [-0.39, 0.29) is 17.4 Å². The largest absolute Gasteiger partial charge is 0.354 e. The van der Waals surface area contributed by atoms with Crippen molar-refractivity contribution in [2.24, 2.45) is 0 Å². The average molecular weight is 394 g/mol. The van der Waals surface area contributed by atoms with Gasteiger partial charge in [-0.15, -0.1) is 0 Å². The van der Waals surface area contributed by atoms with E-state index < -0.39 is 0 Å². The highest BCUT2D eigenvalue weighted by molar-refractivity contribution is 5.92. The van der Waals surface area contributed by atoms with Crippen LogP contribution in [0.2, 0.25) is 0 Å². The molecule has 0 atom stereocenters. The van der Waals surface area contributed by atoms with Crippen LogP contribution in [0.5, 0.6) is 0 Å². The van der Waals surface area contributed by atoms with Crippen molar-refractivity contribution in [2.45, 2.75) is 6.54 Å². The summed E-state index contributed by atoms with van der Waals surface area (Å²) >= 11 is 0. The van der Waals surface area contributed by atoms with Gasteiger partial charge in [-0.25, -0.2) is 14.1 Å². The van der Waals surface area contributed by atoms with Gasteiger partial charge in [0.25, 0.3) is 5.91 Å². The summed E-state index contributed by atoms with van der Waals surface area (Å²) in [6, 6.07) is 11.6. The van der Waals surface area contributed by atoms with Crippen LogP contribution >= 0.6 is 0 Å². The summed E-state index contributed by atoms with van der Waals surface area (Å²) in [5, 5.41) is 7.07. The maximum atomic E-state index is 13.4. The van der Waals surface area contributed by atoms with Crippen molar-refractivity contribution < 1.29 is 9.18 Å². The number of hydrogen-bond donors (Lipinski definition) is 1. The summed E-state index contributed by atoms with van der Waals surface area (Å²) in [6.07, 6.45) is 3.43. The number of carbonyl (C=O) groups excluding carboxylic acids is 1. The third-order valence-electron chi connectivity index (χ3n) is 4.98. The number of nitrogens with zero attached hydrogens (tertiary/aromatic N) is 5. The molecule has 1 N–H and O–H groups in total. The molecule has 8 heteroatoms. The highest BCUT2D eigenvalue weighted by Crippen LogP contribution is 2.14. The molecule has 1 aliphatic rings. The summed E-state index contributed by atoms with van der Waals surface area (Å²) < 4.78 is 14.8. The molecule has 2 aromatic heterocycles. The minimum Gasteiger partial charge on any atom is -0.354 e. The number of anilines is 1. The molecule has 29 heavy (non-hydrogen) atoms. The normalized spacial score (nSPS) is 14.8. The number of likely N-dealkylation sites (N-methyl/N-ethyl adjacent to an activating group) is 1. The molecule has 1 fully saturated rings. The van der Waals surface area contributed by atoms with Gasteiger partial charge in [-0.2, -0.15) is 5.10 Å². The number of aromatic nitrogens is 3. The highest BCUT2D eigenvalue weighted by Gasteiger charge is 2.15. The molecule has 7 nitrogen and oxygen atoms in total. The molecule has 4 rings (SSSR count). The van der Waals surface area contributed by atoms with Gasteiger partial charge >= 0.3 is 0 Å². The van der Waals surface area contributed by atoms with Gasteiger partial charge in [-0.05, 0) is 42.9 Å². The lowest BCUT2D eigenvalue weighted by Gasteiger charge is -2.33. The Morgan fingerprint density at radius 1 is 1.14 bits per heavy atom. The van der Waals surface area contributed by atoms with Crippen molar-refractivity contribution in [3.8, 4) is 5.69 Å². The number of nitrogens with one attached hydrogen (secondary N) is 1. The number of hydrogen-bond acceptors (Lipinski definition) is 5. The van der Waals surface area contributed by atoms with Crippen molar-refractivity contribution in [2.75, 3.05) is 38.1 Å². The van der Waals surface area contributed by atoms with Crippen LogP contribution < -0.4 is 10.2 Å². The second kappa shape index (κ2) is 8.40. The summed E-state index contributed by atoms with van der Waals surface area (Å²) in [6.45, 7) is 4.35. The van der Waals surface area contributed by atoms with E-state index >= 15 is 0 Å². The van der Waals surface area contributed by atoms with Gasteiger partial charge < -0.3 is 15.1 Å². The second-order valence-corrected chi connectivity index (χ2v) is 7.12. The molecule has 3 aromatic rings. The third-order valence-corrected chi connectivity index (χ3v) is 4.98. The van der Waals surface area contributed by atoms with Gasteiger partial charge in [-0.3, -0.25) is 4.79 Å². The van der Waals surface area contributed by atoms with Crippen LogP contribution in [0.15, 0.2) is 54.9 Å². The summed E-state index contributed by atoms with van der Waals surface area (Å²) in [5.41, 5.74) is 1.75. The molecule has 0 spiro atoms. The Kier molecular flexibility index (Phi) is 5.53. The first-order valence-electron chi connectivity index (χ1n) is 9.57. The molecular weight excluding hydrogens is 371 g/mol. The molecule has 0 saturated carbocycles. The number of halogens is 1. The number of carbonyl (C=O) groups is 1. The number of amides is 1. The lowest BCUT2D eigenvalue weighted by Crippen LogP contribution is -2.44. The second-order valence-electron chi connectivity index (χ2n) is 7.12. The Morgan fingerprint density at radius 3 is 2.69 bits per heavy atom. The lowest BCUT2D eigenvalue weighted by molar-refractivity contribution is 0.0945. The minimum atomic E-state index is -0.350. The molecule has 0 unspecified atom stereocenters. The average Bonchev–Trinajstić information content (AvgIpc) is 3.24. The van der Waals surface area contributed by atoms with Crippen molar-refractivity contribution in [1.29, 1.82) is 0 Å². The zero-order chi connectivity index (χ0) is 20.2. The van der Waals surface area contributed by atoms with Gasteiger partial charge in [0.2, 0.25) is 0 Å². The van der Waals surface area contributed by atoms with Gasteiger partial charge in [0.15, 0.2) is 5.69 Å². The van der Waals surface area contributed by atoms with Gasteiger partial charge in [0, 0.05) is 45.1 Å². The number of piperazine rings is 1. The first kappa shape index (κ1) is 19.1. The maximum absolute atomic E-state index is 13.4. The first-order chi connectivity index (χ1) is 14.1. The Morgan fingerprint density at radius 2 is 1.97 bits per heavy atom. The standard InChI is InChI=1S/C21H23FN6O/c1-26-9-11-27(12-10-26)20-6-5-16(14-23-20)15-24-21(29)19-7-8-28(25-19)18-4-2-3-17(22)13-18/h2-8,13-14H,9-12,15H2,1H3,(H,24,29). The number of rotatable bonds is 5. The molecule has 0 aliphatic carbocycles. The smallest absolute Gasteiger partial charge is 0.272 e. The molecule has 150 valence electrons. The van der Waals surface area contributed by atoms with Crippen LogP contribution in [0, 0.1) is 5.82 Å². The van der Waals surface area contributed by atoms with E-state index in [2.05, 4.69) is 32.2 Å². The third kappa shape index (κ3) is 4.60. The van der Waals surface area contributed by atoms with E-state index in [0.29, 0.717) is 12.2 Å². The topological polar surface area (TPSA) is 66.3 Å². The van der Waals surface area contributed by atoms with E-state index in [0.717, 1.165) is 37.6 Å². The fraction of sp³-hybridized carbons (Fsp3) is 0.286. The van der Waals surface area contributed by atoms with Crippen molar-refractivity contribution in [3.05, 3.63) is 71.9 Å². The fourth-order valence-electron chi connectivity index (χ4n) is 3.22. The predicted octanol–water partition coefficient (Wildman–Crippen LogP) is 2.09. The summed E-state index contributed by atoms with van der Waals surface area (Å²) in [4.78, 5) is 21.5. The minimum absolute atomic E-state index is 0.274. The SMILES string of the molecule is CN1CCN(c2ccc(CNC(=O)c3ccn(-c4cccc(F)c4)n3)cn2)CC1. The maximum Gasteiger partial charge on any atom is 0.272 e. The van der Waals surface area contributed by atoms with Gasteiger partial charge in [0.05, 0.1) is 5.69 Å². The lowest BCUT2D eigenvalue weighted by atomic mass is 10.2. The van der Waals surface area contributed by atoms with Gasteiger partial charge in [0.1, 0.15) is 11.6 Å². The van der Waals surface area contributed by atoms with Crippen molar-refractivity contribution in [1.82, 2.24) is 25.0 Å². The number of pyridine rings is 1. The fourth-order valence-corrected chi connectivity index (χ4v) is 3.22. The van der Waals surface area contributed by atoms with Crippen LogP contribution in [0.1, 0.15) is 16.1 Å². The van der Waals surface area contributed by atoms with Crippen molar-refractivity contribution >= 4 is 11.7 Å². The van der Waals surface area contributed by atoms with E-state index in [1.165, 1.54) is 16.8 Å². The van der Waals surface area contributed by atoms with Crippen LogP contribution in [0.25, 0.3) is 5.69 Å². The Bertz CT molecular complexity index is 979. The molecule has 1 aromatic carbocycles. The number of benzene rings is 1. The molecule has 0 bridgehead atoms. The molecule has 3 heterocycles. The first-order valence-corrected chi connectivity index (χ1v) is 9.57. The molecule has 1 amide bonds. The molecule has 1 saturated heterocycles. The van der Waals surface area contributed by atoms with Crippen LogP contribution in [-0.2, 0) is 6.54 Å². The molecule has 1 aliphatic heterocycles. The zero-order valence-corrected chi connectivity index (χ0v) is 16.3. The van der Waals surface area contributed by atoms with Crippen molar-refractivity contribution in [3.63, 3.8) is 0 Å².